The standard InChI is InChI=1S/C6H9.ClH.Zn/c1-2-4-6-5-3-1;;/h1H,2,4-6H2;1H;/q-1;;. The van der Waals surface area contributed by atoms with Crippen molar-refractivity contribution in [3.8, 4) is 0 Å². The van der Waals surface area contributed by atoms with E-state index in [1.807, 2.05) is 0 Å². The maximum Gasteiger partial charge on any atom is 0 e. The molecule has 0 unspecified atom stereocenters. The van der Waals surface area contributed by atoms with Gasteiger partial charge in [-0.15, -0.1) is 12.4 Å². The maximum atomic E-state index is 3.16. The number of rotatable bonds is 0. The topological polar surface area (TPSA) is 0 Å². The summed E-state index contributed by atoms with van der Waals surface area (Å²) in [5.41, 5.74) is 0. The van der Waals surface area contributed by atoms with Gasteiger partial charge in [-0.1, -0.05) is 19.3 Å². The third-order valence-electron chi connectivity index (χ3n) is 1.06. The van der Waals surface area contributed by atoms with Crippen LogP contribution < -0.4 is 0 Å². The van der Waals surface area contributed by atoms with E-state index in [2.05, 4.69) is 12.2 Å². The van der Waals surface area contributed by atoms with Crippen molar-refractivity contribution in [2.75, 3.05) is 0 Å². The molecular weight excluding hydrogens is 173 g/mol. The van der Waals surface area contributed by atoms with Crippen LogP contribution in [-0.2, 0) is 19.5 Å². The molecule has 0 saturated heterocycles. The second-order valence-electron chi connectivity index (χ2n) is 1.65. The van der Waals surface area contributed by atoms with E-state index < -0.39 is 0 Å². The fourth-order valence-electron chi connectivity index (χ4n) is 0.678. The first-order valence-electron chi connectivity index (χ1n) is 2.55. The molecule has 1 rings (SSSR count). The molecule has 0 aromatic heterocycles. The minimum atomic E-state index is 0. The molecule has 0 heterocycles. The first-order chi connectivity index (χ1) is 3.00. The molecule has 0 fully saturated rings. The van der Waals surface area contributed by atoms with Gasteiger partial charge < -0.3 is 6.08 Å². The summed E-state index contributed by atoms with van der Waals surface area (Å²) in [4.78, 5) is 0. The van der Waals surface area contributed by atoms with E-state index in [1.54, 1.807) is 0 Å². The molecule has 0 spiro atoms. The zero-order valence-corrected chi connectivity index (χ0v) is 8.80. The second-order valence-corrected chi connectivity index (χ2v) is 1.65. The quantitative estimate of drug-likeness (QED) is 0.399. The minimum absolute atomic E-state index is 0. The van der Waals surface area contributed by atoms with Crippen LogP contribution >= 0.6 is 12.4 Å². The molecule has 8 heavy (non-hydrogen) atoms. The molecule has 0 atom stereocenters. The third kappa shape index (κ3) is 4.80. The van der Waals surface area contributed by atoms with Crippen LogP contribution in [0.4, 0.5) is 0 Å². The fourth-order valence-corrected chi connectivity index (χ4v) is 0.678. The smallest absolute Gasteiger partial charge is 0 e. The van der Waals surface area contributed by atoms with E-state index in [0.717, 1.165) is 0 Å². The van der Waals surface area contributed by atoms with Crippen molar-refractivity contribution in [2.45, 2.75) is 25.7 Å². The van der Waals surface area contributed by atoms with E-state index in [-0.39, 0.29) is 31.9 Å². The molecule has 0 saturated carbocycles. The summed E-state index contributed by atoms with van der Waals surface area (Å²) < 4.78 is 0. The summed E-state index contributed by atoms with van der Waals surface area (Å²) >= 11 is 0. The predicted octanol–water partition coefficient (Wildman–Crippen LogP) is 2.34. The van der Waals surface area contributed by atoms with Crippen molar-refractivity contribution in [3.05, 3.63) is 12.2 Å². The van der Waals surface area contributed by atoms with Crippen molar-refractivity contribution in [3.63, 3.8) is 0 Å². The van der Waals surface area contributed by atoms with Crippen LogP contribution in [0.25, 0.3) is 0 Å². The molecule has 0 aliphatic heterocycles. The molecule has 0 aromatic rings. The van der Waals surface area contributed by atoms with E-state index >= 15 is 0 Å². The second kappa shape index (κ2) is 7.65. The normalized spacial score (nSPS) is 16.0. The first kappa shape index (κ1) is 11.5. The number of halogens is 1. The van der Waals surface area contributed by atoms with Crippen LogP contribution in [0, 0.1) is 6.08 Å². The summed E-state index contributed by atoms with van der Waals surface area (Å²) in [6.07, 6.45) is 10.5. The number of allylic oxidation sites excluding steroid dienone is 2. The van der Waals surface area contributed by atoms with Gasteiger partial charge in [-0.2, -0.15) is 6.42 Å². The monoisotopic (exact) mass is 181 g/mol. The average molecular weight is 183 g/mol. The molecule has 0 radical (unpaired) electrons. The molecule has 2 heteroatoms. The Kier molecular flexibility index (Phi) is 11.0. The van der Waals surface area contributed by atoms with Gasteiger partial charge in [0.05, 0.1) is 0 Å². The molecule has 0 bridgehead atoms. The molecule has 0 amide bonds. The SMILES string of the molecule is Cl.[C-]1=CCCCC1.[Zn]. The Balaban J connectivity index is 0. The van der Waals surface area contributed by atoms with Gasteiger partial charge >= 0.3 is 0 Å². The van der Waals surface area contributed by atoms with Gasteiger partial charge in [0.25, 0.3) is 0 Å². The molecule has 0 N–H and O–H groups in total. The number of hydrogen-bond acceptors (Lipinski definition) is 0. The number of hydrogen-bond donors (Lipinski definition) is 0. The van der Waals surface area contributed by atoms with Crippen molar-refractivity contribution < 1.29 is 19.5 Å². The Morgan fingerprint density at radius 2 is 2.00 bits per heavy atom. The van der Waals surface area contributed by atoms with Crippen LogP contribution in [-0.4, -0.2) is 0 Å². The molecule has 1 aliphatic rings. The zero-order chi connectivity index (χ0) is 4.24. The summed E-state index contributed by atoms with van der Waals surface area (Å²) in [5, 5.41) is 0. The fraction of sp³-hybridized carbons (Fsp3) is 0.667. The Labute approximate surface area is 69.9 Å². The Hall–Kier alpha value is 0.653. The van der Waals surface area contributed by atoms with Gasteiger partial charge in [-0.3, -0.25) is 6.08 Å². The van der Waals surface area contributed by atoms with E-state index in [4.69, 9.17) is 0 Å². The van der Waals surface area contributed by atoms with Crippen LogP contribution in [0.5, 0.6) is 0 Å². The Bertz CT molecular complexity index is 53.5. The van der Waals surface area contributed by atoms with E-state index in [1.165, 1.54) is 25.7 Å². The molecule has 0 aromatic carbocycles. The van der Waals surface area contributed by atoms with Gasteiger partial charge in [-0.25, -0.2) is 0 Å². The molecule has 0 nitrogen and oxygen atoms in total. The summed E-state index contributed by atoms with van der Waals surface area (Å²) in [6, 6.07) is 0. The van der Waals surface area contributed by atoms with Crippen LogP contribution in [0.3, 0.4) is 0 Å². The summed E-state index contributed by atoms with van der Waals surface area (Å²) in [6.45, 7) is 0. The van der Waals surface area contributed by atoms with Crippen molar-refractivity contribution in [2.24, 2.45) is 0 Å². The van der Waals surface area contributed by atoms with Gasteiger partial charge in [0.2, 0.25) is 0 Å². The third-order valence-corrected chi connectivity index (χ3v) is 1.06. The Morgan fingerprint density at radius 3 is 2.12 bits per heavy atom. The molecular formula is C6H10ClZn-. The van der Waals surface area contributed by atoms with Crippen molar-refractivity contribution >= 4 is 12.4 Å². The molecule has 44 valence electrons. The van der Waals surface area contributed by atoms with Crippen LogP contribution in [0.15, 0.2) is 6.08 Å². The summed E-state index contributed by atoms with van der Waals surface area (Å²) in [5.74, 6) is 0. The Morgan fingerprint density at radius 1 is 1.25 bits per heavy atom. The first-order valence-corrected chi connectivity index (χ1v) is 2.55. The van der Waals surface area contributed by atoms with Crippen LogP contribution in [0.2, 0.25) is 0 Å². The van der Waals surface area contributed by atoms with Gasteiger partial charge in [0.1, 0.15) is 0 Å². The average Bonchev–Trinajstić information content (AvgIpc) is 1.72. The van der Waals surface area contributed by atoms with Gasteiger partial charge in [-0.05, 0) is 0 Å². The van der Waals surface area contributed by atoms with Crippen molar-refractivity contribution in [1.29, 1.82) is 0 Å². The minimum Gasteiger partial charge on any atom is -0.501 e. The van der Waals surface area contributed by atoms with Gasteiger partial charge in [0.15, 0.2) is 0 Å². The van der Waals surface area contributed by atoms with Gasteiger partial charge in [0, 0.05) is 19.5 Å². The zero-order valence-electron chi connectivity index (χ0n) is 5.02. The molecule has 1 aliphatic carbocycles. The van der Waals surface area contributed by atoms with E-state index in [9.17, 15) is 0 Å². The predicted molar refractivity (Wildman–Crippen MR) is 33.5 cm³/mol. The maximum absolute atomic E-state index is 3.16. The largest absolute Gasteiger partial charge is 0.501 e. The van der Waals surface area contributed by atoms with E-state index in [0.29, 0.717) is 0 Å². The van der Waals surface area contributed by atoms with Crippen LogP contribution in [0.1, 0.15) is 25.7 Å². The summed E-state index contributed by atoms with van der Waals surface area (Å²) in [7, 11) is 0. The van der Waals surface area contributed by atoms with Crippen molar-refractivity contribution in [1.82, 2.24) is 0 Å².